The van der Waals surface area contributed by atoms with Gasteiger partial charge in [0.1, 0.15) is 18.3 Å². The van der Waals surface area contributed by atoms with Gasteiger partial charge in [-0.15, -0.1) is 0 Å². The molecule has 4 rings (SSSR count). The standard InChI is InChI=1S/C32H42O9/c1-8-9-10-11-12-13-25(35)40-28-19(3)31(38)23(26-29(6,7)32(26,28)41-21(5)34)15-22(17-39-20(4)33)16-30(37)24(31)14-18(2)27(30)36/h10-15,19,23-24,26,28,37-38H,8-9,16-17H2,1-7H3. The first-order valence-corrected chi connectivity index (χ1v) is 14.3. The molecule has 224 valence electrons. The van der Waals surface area contributed by atoms with Gasteiger partial charge in [-0.05, 0) is 24.5 Å². The molecule has 41 heavy (non-hydrogen) atoms. The number of aliphatic hydroxyl groups is 2. The molecule has 8 unspecified atom stereocenters. The SMILES string of the molecule is CCCC=CC=CC(=O)OC1C(C)C2(O)C(C=C(COC(C)=O)CC3(O)C(=O)C(C)=CC32)C2C(C)(C)C12OC(C)=O. The van der Waals surface area contributed by atoms with Crippen LogP contribution in [0.3, 0.4) is 0 Å². The lowest BCUT2D eigenvalue weighted by atomic mass is 9.59. The lowest BCUT2D eigenvalue weighted by Gasteiger charge is -2.53. The van der Waals surface area contributed by atoms with Gasteiger partial charge in [-0.2, -0.15) is 0 Å². The van der Waals surface area contributed by atoms with Crippen LogP contribution >= 0.6 is 0 Å². The number of hydrogen-bond donors (Lipinski definition) is 2. The summed E-state index contributed by atoms with van der Waals surface area (Å²) in [6.45, 7) is 11.5. The molecule has 0 aromatic heterocycles. The van der Waals surface area contributed by atoms with Crippen molar-refractivity contribution in [1.82, 2.24) is 0 Å². The lowest BCUT2D eigenvalue weighted by Crippen LogP contribution is -2.66. The second kappa shape index (κ2) is 10.7. The molecule has 2 fully saturated rings. The fourth-order valence-electron chi connectivity index (χ4n) is 7.89. The van der Waals surface area contributed by atoms with E-state index in [1.54, 1.807) is 38.2 Å². The molecule has 2 saturated carbocycles. The summed E-state index contributed by atoms with van der Waals surface area (Å²) in [4.78, 5) is 50.6. The van der Waals surface area contributed by atoms with Crippen molar-refractivity contribution in [2.75, 3.05) is 6.61 Å². The Bertz CT molecular complexity index is 1260. The molecule has 8 atom stereocenters. The highest BCUT2D eigenvalue weighted by molar-refractivity contribution is 6.04. The summed E-state index contributed by atoms with van der Waals surface area (Å²) in [5, 5.41) is 24.7. The third-order valence-electron chi connectivity index (χ3n) is 9.71. The summed E-state index contributed by atoms with van der Waals surface area (Å²) in [5.41, 5.74) is -5.01. The lowest BCUT2D eigenvalue weighted by molar-refractivity contribution is -0.226. The van der Waals surface area contributed by atoms with E-state index in [2.05, 4.69) is 0 Å². The highest BCUT2D eigenvalue weighted by atomic mass is 16.6. The minimum absolute atomic E-state index is 0.145. The monoisotopic (exact) mass is 570 g/mol. The zero-order chi connectivity index (χ0) is 30.5. The molecular weight excluding hydrogens is 528 g/mol. The molecule has 0 aliphatic heterocycles. The zero-order valence-electron chi connectivity index (χ0n) is 24.9. The number of carbonyl (C=O) groups excluding carboxylic acids is 4. The van der Waals surface area contributed by atoms with Crippen LogP contribution < -0.4 is 0 Å². The van der Waals surface area contributed by atoms with E-state index >= 15 is 0 Å². The number of esters is 3. The zero-order valence-corrected chi connectivity index (χ0v) is 24.9. The Kier molecular flexibility index (Phi) is 8.04. The summed E-state index contributed by atoms with van der Waals surface area (Å²) in [5.74, 6) is -5.45. The molecule has 9 heteroatoms. The first kappa shape index (κ1) is 30.9. The maximum Gasteiger partial charge on any atom is 0.331 e. The molecule has 0 heterocycles. The average Bonchev–Trinajstić information content (AvgIpc) is 3.30. The number of ketones is 1. The second-order valence-electron chi connectivity index (χ2n) is 12.6. The molecule has 0 radical (unpaired) electrons. The quantitative estimate of drug-likeness (QED) is 0.148. The molecule has 4 aliphatic carbocycles. The molecule has 4 aliphatic rings. The molecule has 0 amide bonds. The van der Waals surface area contributed by atoms with Crippen LogP contribution in [0.15, 0.2) is 47.6 Å². The van der Waals surface area contributed by atoms with Gasteiger partial charge >= 0.3 is 17.9 Å². The maximum atomic E-state index is 13.4. The summed E-state index contributed by atoms with van der Waals surface area (Å²) in [7, 11) is 0. The normalized spacial score (nSPS) is 38.8. The van der Waals surface area contributed by atoms with Gasteiger partial charge < -0.3 is 24.4 Å². The van der Waals surface area contributed by atoms with E-state index in [-0.39, 0.29) is 13.0 Å². The Morgan fingerprint density at radius 2 is 1.78 bits per heavy atom. The van der Waals surface area contributed by atoms with Gasteiger partial charge in [0.15, 0.2) is 11.4 Å². The fraction of sp³-hybridized carbons (Fsp3) is 0.625. The minimum atomic E-state index is -1.99. The second-order valence-corrected chi connectivity index (χ2v) is 12.6. The summed E-state index contributed by atoms with van der Waals surface area (Å²) in [6, 6.07) is 0. The third kappa shape index (κ3) is 4.71. The first-order valence-electron chi connectivity index (χ1n) is 14.3. The Hall–Kier alpha value is -3.04. The minimum Gasteiger partial charge on any atom is -0.461 e. The largest absolute Gasteiger partial charge is 0.461 e. The smallest absolute Gasteiger partial charge is 0.331 e. The fourth-order valence-corrected chi connectivity index (χ4v) is 7.89. The van der Waals surface area contributed by atoms with Gasteiger partial charge in [0, 0.05) is 55.4 Å². The van der Waals surface area contributed by atoms with Crippen LogP contribution in [0.4, 0.5) is 0 Å². The Balaban J connectivity index is 1.85. The number of hydrogen-bond acceptors (Lipinski definition) is 9. The van der Waals surface area contributed by atoms with Gasteiger partial charge in [-0.3, -0.25) is 14.4 Å². The third-order valence-corrected chi connectivity index (χ3v) is 9.71. The first-order chi connectivity index (χ1) is 19.1. The Labute approximate surface area is 241 Å². The molecular formula is C32H42O9. The van der Waals surface area contributed by atoms with E-state index in [4.69, 9.17) is 14.2 Å². The highest BCUT2D eigenvalue weighted by Crippen LogP contribution is 2.77. The van der Waals surface area contributed by atoms with Gasteiger partial charge in [-0.25, -0.2) is 4.79 Å². The molecule has 9 nitrogen and oxygen atoms in total. The number of Topliss-reactive ketones (excluding diaryl/α,β-unsaturated/α-hetero) is 1. The maximum absolute atomic E-state index is 13.4. The van der Waals surface area contributed by atoms with Crippen molar-refractivity contribution in [2.24, 2.45) is 29.1 Å². The van der Waals surface area contributed by atoms with Crippen LogP contribution in [0.2, 0.25) is 0 Å². The topological polar surface area (TPSA) is 136 Å². The van der Waals surface area contributed by atoms with Crippen LogP contribution in [0.1, 0.15) is 67.7 Å². The van der Waals surface area contributed by atoms with E-state index < -0.39 is 75.7 Å². The number of allylic oxidation sites excluding steroid dienone is 3. The van der Waals surface area contributed by atoms with E-state index in [0.29, 0.717) is 11.1 Å². The van der Waals surface area contributed by atoms with Crippen LogP contribution in [0.25, 0.3) is 0 Å². The predicted molar refractivity (Wildman–Crippen MR) is 149 cm³/mol. The van der Waals surface area contributed by atoms with Crippen LogP contribution in [0, 0.1) is 29.1 Å². The molecule has 2 N–H and O–H groups in total. The number of rotatable bonds is 8. The molecule has 0 bridgehead atoms. The Morgan fingerprint density at radius 3 is 2.39 bits per heavy atom. The van der Waals surface area contributed by atoms with Gasteiger partial charge in [0.25, 0.3) is 0 Å². The number of ether oxygens (including phenoxy) is 3. The van der Waals surface area contributed by atoms with Crippen molar-refractivity contribution < 1.29 is 43.6 Å². The number of unbranched alkanes of at least 4 members (excludes halogenated alkanes) is 1. The predicted octanol–water partition coefficient (Wildman–Crippen LogP) is 3.54. The number of carbonyl (C=O) groups is 4. The molecule has 0 aromatic rings. The molecule has 0 aromatic carbocycles. The number of fused-ring (bicyclic) bond motifs is 5. The van der Waals surface area contributed by atoms with E-state index in [9.17, 15) is 29.4 Å². The van der Waals surface area contributed by atoms with Crippen LogP contribution in [-0.2, 0) is 33.4 Å². The van der Waals surface area contributed by atoms with Crippen molar-refractivity contribution >= 4 is 23.7 Å². The highest BCUT2D eigenvalue weighted by Gasteiger charge is 2.87. The Morgan fingerprint density at radius 1 is 1.10 bits per heavy atom. The van der Waals surface area contributed by atoms with Crippen molar-refractivity contribution in [3.05, 3.63) is 47.6 Å². The summed E-state index contributed by atoms with van der Waals surface area (Å²) >= 11 is 0. The van der Waals surface area contributed by atoms with E-state index in [1.165, 1.54) is 19.9 Å². The van der Waals surface area contributed by atoms with Gasteiger partial charge in [0.05, 0.1) is 5.60 Å². The average molecular weight is 571 g/mol. The van der Waals surface area contributed by atoms with Crippen molar-refractivity contribution in [3.63, 3.8) is 0 Å². The van der Waals surface area contributed by atoms with Gasteiger partial charge in [-0.1, -0.05) is 64.5 Å². The van der Waals surface area contributed by atoms with Crippen molar-refractivity contribution in [2.45, 2.75) is 90.6 Å². The van der Waals surface area contributed by atoms with Crippen molar-refractivity contribution in [3.8, 4) is 0 Å². The van der Waals surface area contributed by atoms with Gasteiger partial charge in [0.2, 0.25) is 0 Å². The molecule has 0 spiro atoms. The van der Waals surface area contributed by atoms with E-state index in [0.717, 1.165) is 12.8 Å². The van der Waals surface area contributed by atoms with Crippen LogP contribution in [0.5, 0.6) is 0 Å². The summed E-state index contributed by atoms with van der Waals surface area (Å²) < 4.78 is 17.3. The van der Waals surface area contributed by atoms with Crippen LogP contribution in [-0.4, -0.2) is 63.4 Å². The molecule has 0 saturated heterocycles. The van der Waals surface area contributed by atoms with Crippen molar-refractivity contribution in [1.29, 1.82) is 0 Å². The summed E-state index contributed by atoms with van der Waals surface area (Å²) in [6.07, 6.45) is 10.5. The van der Waals surface area contributed by atoms with E-state index in [1.807, 2.05) is 26.8 Å².